The highest BCUT2D eigenvalue weighted by molar-refractivity contribution is 4.99. The Labute approximate surface area is 130 Å². The van der Waals surface area contributed by atoms with E-state index in [1.807, 2.05) is 41.5 Å². The second-order valence-corrected chi connectivity index (χ2v) is 3.79. The van der Waals surface area contributed by atoms with Gasteiger partial charge >= 0.3 is 0 Å². The maximum atomic E-state index is 11.0. The second-order valence-electron chi connectivity index (χ2n) is 3.79. The molecular formula is C19H43F. The first-order valence-corrected chi connectivity index (χ1v) is 8.31. The van der Waals surface area contributed by atoms with Crippen LogP contribution in [0, 0.1) is 5.92 Å². The maximum absolute atomic E-state index is 11.0. The molecule has 1 unspecified atom stereocenters. The van der Waals surface area contributed by atoms with Gasteiger partial charge in [-0.05, 0) is 39.5 Å². The van der Waals surface area contributed by atoms with Gasteiger partial charge < -0.3 is 0 Å². The first kappa shape index (κ1) is 31.7. The molecule has 1 atom stereocenters. The molecule has 0 bridgehead atoms. The Morgan fingerprint density at radius 1 is 1.10 bits per heavy atom. The largest absolute Gasteiger partial charge is 0.251 e. The highest BCUT2D eigenvalue weighted by atomic mass is 19.1. The molecule has 0 nitrogen and oxygen atoms in total. The number of alkyl halides is 1. The van der Waals surface area contributed by atoms with Crippen molar-refractivity contribution in [2.75, 3.05) is 6.67 Å². The van der Waals surface area contributed by atoms with Crippen molar-refractivity contribution in [2.45, 2.75) is 88.5 Å². The molecule has 0 amide bonds. The highest BCUT2D eigenvalue weighted by Crippen LogP contribution is 2.11. The SMILES string of the molecule is C/C=C(\C)C(C)CC.C=CC.CC.CC.CCCCF. The molecule has 0 spiro atoms. The normalized spacial score (nSPS) is 9.85. The van der Waals surface area contributed by atoms with Gasteiger partial charge in [0.15, 0.2) is 0 Å². The minimum atomic E-state index is -0.156. The minimum Gasteiger partial charge on any atom is -0.251 e. The van der Waals surface area contributed by atoms with E-state index in [1.165, 1.54) is 12.0 Å². The van der Waals surface area contributed by atoms with Crippen LogP contribution in [0.15, 0.2) is 24.3 Å². The summed E-state index contributed by atoms with van der Waals surface area (Å²) in [5, 5.41) is 0. The van der Waals surface area contributed by atoms with Crippen molar-refractivity contribution in [3.05, 3.63) is 24.3 Å². The van der Waals surface area contributed by atoms with E-state index < -0.39 is 0 Å². The molecule has 0 aliphatic heterocycles. The topological polar surface area (TPSA) is 0 Å². The van der Waals surface area contributed by atoms with Gasteiger partial charge in [0.1, 0.15) is 0 Å². The van der Waals surface area contributed by atoms with Gasteiger partial charge in [0.25, 0.3) is 0 Å². The zero-order chi connectivity index (χ0) is 17.4. The van der Waals surface area contributed by atoms with Crippen molar-refractivity contribution in [2.24, 2.45) is 5.92 Å². The Morgan fingerprint density at radius 2 is 1.45 bits per heavy atom. The first-order chi connectivity index (χ1) is 9.55. The number of allylic oxidation sites excluding steroid dienone is 3. The van der Waals surface area contributed by atoms with Gasteiger partial charge in [-0.25, -0.2) is 0 Å². The predicted octanol–water partition coefficient (Wildman–Crippen LogP) is 8.00. The first-order valence-electron chi connectivity index (χ1n) is 8.31. The molecule has 0 radical (unpaired) electrons. The second kappa shape index (κ2) is 42.9. The van der Waals surface area contributed by atoms with E-state index >= 15 is 0 Å². The number of hydrogen-bond acceptors (Lipinski definition) is 0. The van der Waals surface area contributed by atoms with Gasteiger partial charge in [-0.2, -0.15) is 0 Å². The van der Waals surface area contributed by atoms with Crippen LogP contribution in [-0.4, -0.2) is 6.67 Å². The Morgan fingerprint density at radius 3 is 1.50 bits per heavy atom. The molecule has 0 saturated heterocycles. The summed E-state index contributed by atoms with van der Waals surface area (Å²) in [7, 11) is 0. The zero-order valence-electron chi connectivity index (χ0n) is 16.1. The quantitative estimate of drug-likeness (QED) is 0.460. The molecule has 0 N–H and O–H groups in total. The third-order valence-corrected chi connectivity index (χ3v) is 2.33. The van der Waals surface area contributed by atoms with Crippen LogP contribution in [0.1, 0.15) is 88.5 Å². The molecule has 1 heteroatoms. The van der Waals surface area contributed by atoms with E-state index in [9.17, 15) is 4.39 Å². The lowest BCUT2D eigenvalue weighted by atomic mass is 10.0. The van der Waals surface area contributed by atoms with Crippen LogP contribution in [0.5, 0.6) is 0 Å². The molecule has 0 saturated carbocycles. The van der Waals surface area contributed by atoms with Crippen LogP contribution in [0.2, 0.25) is 0 Å². The molecule has 0 aliphatic carbocycles. The van der Waals surface area contributed by atoms with Gasteiger partial charge in [-0.15, -0.1) is 6.58 Å². The summed E-state index contributed by atoms with van der Waals surface area (Å²) in [6, 6.07) is 0. The number of unbranched alkanes of at least 4 members (excludes halogenated alkanes) is 1. The summed E-state index contributed by atoms with van der Waals surface area (Å²) in [6.45, 7) is 23.8. The fourth-order valence-corrected chi connectivity index (χ4v) is 0.740. The van der Waals surface area contributed by atoms with Crippen molar-refractivity contribution in [3.8, 4) is 0 Å². The van der Waals surface area contributed by atoms with E-state index in [0.717, 1.165) is 18.8 Å². The van der Waals surface area contributed by atoms with Crippen LogP contribution in [0.4, 0.5) is 4.39 Å². The Hall–Kier alpha value is -0.590. The molecule has 0 rings (SSSR count). The molecule has 0 aromatic heterocycles. The Balaban J connectivity index is -0.0000000539. The predicted molar refractivity (Wildman–Crippen MR) is 98.3 cm³/mol. The number of rotatable bonds is 4. The van der Waals surface area contributed by atoms with E-state index in [4.69, 9.17) is 0 Å². The van der Waals surface area contributed by atoms with Gasteiger partial charge in [0, 0.05) is 0 Å². The van der Waals surface area contributed by atoms with Crippen LogP contribution in [-0.2, 0) is 0 Å². The van der Waals surface area contributed by atoms with Crippen LogP contribution < -0.4 is 0 Å². The third-order valence-electron chi connectivity index (χ3n) is 2.33. The summed E-state index contributed by atoms with van der Waals surface area (Å²) in [5.74, 6) is 0.778. The fraction of sp³-hybridized carbons (Fsp3) is 0.789. The average Bonchev–Trinajstić information content (AvgIpc) is 2.52. The van der Waals surface area contributed by atoms with Crippen LogP contribution in [0.25, 0.3) is 0 Å². The maximum Gasteiger partial charge on any atom is 0.0894 e. The lowest BCUT2D eigenvalue weighted by molar-refractivity contribution is 0.469. The van der Waals surface area contributed by atoms with Gasteiger partial charge in [-0.3, -0.25) is 4.39 Å². The number of hydrogen-bond donors (Lipinski definition) is 0. The highest BCUT2D eigenvalue weighted by Gasteiger charge is 1.96. The molecule has 0 aromatic rings. The summed E-state index contributed by atoms with van der Waals surface area (Å²) < 4.78 is 11.0. The van der Waals surface area contributed by atoms with Crippen molar-refractivity contribution in [1.82, 2.24) is 0 Å². The molecular weight excluding hydrogens is 247 g/mol. The zero-order valence-corrected chi connectivity index (χ0v) is 16.1. The van der Waals surface area contributed by atoms with E-state index in [0.29, 0.717) is 0 Å². The monoisotopic (exact) mass is 290 g/mol. The molecule has 0 aliphatic rings. The van der Waals surface area contributed by atoms with E-state index in [1.54, 1.807) is 6.08 Å². The van der Waals surface area contributed by atoms with Crippen molar-refractivity contribution in [3.63, 3.8) is 0 Å². The summed E-state index contributed by atoms with van der Waals surface area (Å²) in [4.78, 5) is 0. The lowest BCUT2D eigenvalue weighted by Crippen LogP contribution is -1.91. The molecule has 126 valence electrons. The Kier molecular flexibility index (Phi) is 67.9. The molecule has 20 heavy (non-hydrogen) atoms. The van der Waals surface area contributed by atoms with E-state index in [-0.39, 0.29) is 6.67 Å². The van der Waals surface area contributed by atoms with Gasteiger partial charge in [-0.1, -0.05) is 72.6 Å². The molecule has 0 fully saturated rings. The summed E-state index contributed by atoms with van der Waals surface area (Å²) in [6.07, 6.45) is 6.89. The Bertz CT molecular complexity index is 146. The third kappa shape index (κ3) is 52.9. The smallest absolute Gasteiger partial charge is 0.0894 e. The van der Waals surface area contributed by atoms with Crippen LogP contribution in [0.3, 0.4) is 0 Å². The van der Waals surface area contributed by atoms with Crippen molar-refractivity contribution >= 4 is 0 Å². The standard InChI is InChI=1S/C8H16.C4H9F.C3H6.2C2H6/c1-5-7(3)8(4)6-2;1-2-3-4-5;1-3-2;2*1-2/h5,8H,6H2,1-4H3;2-4H2,1H3;3H,1H2,2H3;2*1-2H3/b7-5+;;;;. The van der Waals surface area contributed by atoms with Crippen molar-refractivity contribution in [1.29, 1.82) is 0 Å². The van der Waals surface area contributed by atoms with Gasteiger partial charge in [0.2, 0.25) is 0 Å². The van der Waals surface area contributed by atoms with Gasteiger partial charge in [0.05, 0.1) is 6.67 Å². The van der Waals surface area contributed by atoms with Crippen molar-refractivity contribution < 1.29 is 4.39 Å². The average molecular weight is 291 g/mol. The van der Waals surface area contributed by atoms with Crippen LogP contribution >= 0.6 is 0 Å². The fourth-order valence-electron chi connectivity index (χ4n) is 0.740. The lowest BCUT2D eigenvalue weighted by Gasteiger charge is -2.06. The molecule has 0 heterocycles. The summed E-state index contributed by atoms with van der Waals surface area (Å²) in [5.41, 5.74) is 1.51. The molecule has 0 aromatic carbocycles. The minimum absolute atomic E-state index is 0.156. The summed E-state index contributed by atoms with van der Waals surface area (Å²) >= 11 is 0. The number of halogens is 1. The van der Waals surface area contributed by atoms with E-state index in [2.05, 4.69) is 40.3 Å².